The molecule has 0 aliphatic heterocycles. The smallest absolute Gasteiger partial charge is 0.247 e. The number of amides is 2. The first-order chi connectivity index (χ1) is 17.4. The minimum Gasteiger partial charge on any atom is -0.354 e. The number of para-hydroxylation sites is 1. The molecule has 4 rings (SSSR count). The number of hydrogen-bond acceptors (Lipinski definition) is 5. The van der Waals surface area contributed by atoms with Crippen molar-refractivity contribution in [2.75, 3.05) is 6.54 Å². The van der Waals surface area contributed by atoms with Crippen LogP contribution in [0.1, 0.15) is 37.4 Å². The van der Waals surface area contributed by atoms with Gasteiger partial charge in [-0.05, 0) is 59.9 Å². The van der Waals surface area contributed by atoms with Crippen molar-refractivity contribution in [3.05, 3.63) is 90.0 Å². The van der Waals surface area contributed by atoms with Crippen LogP contribution in [-0.4, -0.2) is 43.2 Å². The molecule has 0 unspecified atom stereocenters. The number of fused-ring (bicyclic) bond motifs is 1. The number of nitrogens with zero attached hydrogens (tertiary/aromatic N) is 5. The lowest BCUT2D eigenvalue weighted by Gasteiger charge is -2.31. The van der Waals surface area contributed by atoms with Gasteiger partial charge in [-0.25, -0.2) is 9.07 Å². The van der Waals surface area contributed by atoms with Crippen molar-refractivity contribution in [2.24, 2.45) is 5.92 Å². The van der Waals surface area contributed by atoms with Gasteiger partial charge in [0, 0.05) is 25.5 Å². The van der Waals surface area contributed by atoms with E-state index < -0.39 is 6.04 Å². The fraction of sp³-hybridized carbons (Fsp3) is 0.296. The Morgan fingerprint density at radius 1 is 1.03 bits per heavy atom. The van der Waals surface area contributed by atoms with Crippen molar-refractivity contribution in [1.82, 2.24) is 30.2 Å². The highest BCUT2D eigenvalue weighted by molar-refractivity contribution is 5.89. The molecule has 8 nitrogen and oxygen atoms in total. The van der Waals surface area contributed by atoms with Crippen molar-refractivity contribution in [3.8, 4) is 0 Å². The van der Waals surface area contributed by atoms with E-state index in [1.54, 1.807) is 36.7 Å². The highest BCUT2D eigenvalue weighted by atomic mass is 19.1. The number of pyridine rings is 1. The topological polar surface area (TPSA) is 93.0 Å². The normalized spacial score (nSPS) is 12.0. The minimum atomic E-state index is -0.910. The highest BCUT2D eigenvalue weighted by Crippen LogP contribution is 2.25. The molecule has 0 fully saturated rings. The Morgan fingerprint density at radius 3 is 2.47 bits per heavy atom. The first-order valence-corrected chi connectivity index (χ1v) is 11.9. The van der Waals surface area contributed by atoms with Crippen LogP contribution in [-0.2, 0) is 22.7 Å². The van der Waals surface area contributed by atoms with Crippen LogP contribution in [0.2, 0.25) is 0 Å². The monoisotopic (exact) mass is 488 g/mol. The second-order valence-corrected chi connectivity index (χ2v) is 9.04. The van der Waals surface area contributed by atoms with Gasteiger partial charge in [0.2, 0.25) is 11.8 Å². The first kappa shape index (κ1) is 25.0. The summed E-state index contributed by atoms with van der Waals surface area (Å²) in [5.74, 6) is -0.568. The molecule has 0 radical (unpaired) electrons. The molecule has 1 atom stereocenters. The SMILES string of the molecule is CC(C)CCNC(=O)[C@@H](c1ccncc1)N(Cc1ccc(F)cc1)C(=O)Cn1nnc2ccccc21. The molecule has 2 heterocycles. The molecule has 0 saturated heterocycles. The van der Waals surface area contributed by atoms with Crippen LogP contribution in [0.5, 0.6) is 0 Å². The van der Waals surface area contributed by atoms with E-state index in [2.05, 4.69) is 34.5 Å². The third kappa shape index (κ3) is 6.10. The van der Waals surface area contributed by atoms with Gasteiger partial charge in [-0.15, -0.1) is 5.10 Å². The number of aromatic nitrogens is 4. The van der Waals surface area contributed by atoms with Gasteiger partial charge in [-0.3, -0.25) is 14.6 Å². The molecule has 186 valence electrons. The van der Waals surface area contributed by atoms with Gasteiger partial charge in [0.05, 0.1) is 5.52 Å². The number of nitrogens with one attached hydrogen (secondary N) is 1. The zero-order valence-corrected chi connectivity index (χ0v) is 20.3. The summed E-state index contributed by atoms with van der Waals surface area (Å²) in [6.07, 6.45) is 4.00. The van der Waals surface area contributed by atoms with Gasteiger partial charge < -0.3 is 10.2 Å². The van der Waals surface area contributed by atoms with Gasteiger partial charge in [-0.1, -0.05) is 43.3 Å². The van der Waals surface area contributed by atoms with E-state index in [1.807, 2.05) is 24.3 Å². The fourth-order valence-corrected chi connectivity index (χ4v) is 3.96. The molecule has 2 amide bonds. The number of rotatable bonds is 10. The summed E-state index contributed by atoms with van der Waals surface area (Å²) in [6.45, 7) is 4.65. The van der Waals surface area contributed by atoms with Gasteiger partial charge in [0.15, 0.2) is 0 Å². The molecule has 2 aromatic heterocycles. The van der Waals surface area contributed by atoms with E-state index in [9.17, 15) is 14.0 Å². The van der Waals surface area contributed by atoms with Crippen LogP contribution >= 0.6 is 0 Å². The third-order valence-corrected chi connectivity index (χ3v) is 5.89. The van der Waals surface area contributed by atoms with Crippen molar-refractivity contribution < 1.29 is 14.0 Å². The molecule has 0 bridgehead atoms. The van der Waals surface area contributed by atoms with Crippen LogP contribution in [0.4, 0.5) is 4.39 Å². The van der Waals surface area contributed by atoms with Crippen LogP contribution in [0.15, 0.2) is 73.1 Å². The Bertz CT molecular complexity index is 1310. The predicted octanol–water partition coefficient (Wildman–Crippen LogP) is 3.90. The average Bonchev–Trinajstić information content (AvgIpc) is 3.28. The van der Waals surface area contributed by atoms with Gasteiger partial charge in [0.1, 0.15) is 23.9 Å². The van der Waals surface area contributed by atoms with E-state index in [0.29, 0.717) is 29.1 Å². The number of carbonyl (C=O) groups excluding carboxylic acids is 2. The van der Waals surface area contributed by atoms with Crippen molar-refractivity contribution in [1.29, 1.82) is 0 Å². The van der Waals surface area contributed by atoms with Crippen molar-refractivity contribution in [2.45, 2.75) is 39.4 Å². The molecule has 0 aliphatic carbocycles. The fourth-order valence-electron chi connectivity index (χ4n) is 3.96. The molecular formula is C27H29FN6O2. The van der Waals surface area contributed by atoms with E-state index in [1.165, 1.54) is 21.7 Å². The molecule has 36 heavy (non-hydrogen) atoms. The number of carbonyl (C=O) groups is 2. The molecule has 9 heteroatoms. The third-order valence-electron chi connectivity index (χ3n) is 5.89. The summed E-state index contributed by atoms with van der Waals surface area (Å²) < 4.78 is 15.1. The summed E-state index contributed by atoms with van der Waals surface area (Å²) >= 11 is 0. The standard InChI is InChI=1S/C27H29FN6O2/c1-19(2)11-16-30-27(36)26(21-12-14-29-15-13-21)33(17-20-7-9-22(28)10-8-20)25(35)18-34-24-6-4-3-5-23(24)31-32-34/h3-10,12-15,19,26H,11,16-18H2,1-2H3,(H,30,36)/t26-/m1/s1. The second-order valence-electron chi connectivity index (χ2n) is 9.04. The Balaban J connectivity index is 1.69. The maximum Gasteiger partial charge on any atom is 0.247 e. The van der Waals surface area contributed by atoms with Crippen LogP contribution < -0.4 is 5.32 Å². The summed E-state index contributed by atoms with van der Waals surface area (Å²) in [5.41, 5.74) is 2.72. The maximum absolute atomic E-state index is 13.8. The van der Waals surface area contributed by atoms with E-state index in [4.69, 9.17) is 0 Å². The van der Waals surface area contributed by atoms with Gasteiger partial charge >= 0.3 is 0 Å². The average molecular weight is 489 g/mol. The lowest BCUT2D eigenvalue weighted by molar-refractivity contribution is -0.142. The summed E-state index contributed by atoms with van der Waals surface area (Å²) in [6, 6.07) is 15.8. The molecule has 0 spiro atoms. The molecule has 1 N–H and O–H groups in total. The van der Waals surface area contributed by atoms with Crippen molar-refractivity contribution in [3.63, 3.8) is 0 Å². The largest absolute Gasteiger partial charge is 0.354 e. The number of halogens is 1. The van der Waals surface area contributed by atoms with Crippen LogP contribution in [0.3, 0.4) is 0 Å². The predicted molar refractivity (Wildman–Crippen MR) is 134 cm³/mol. The lowest BCUT2D eigenvalue weighted by atomic mass is 10.0. The Hall–Kier alpha value is -4.14. The Labute approximate surface area is 209 Å². The van der Waals surface area contributed by atoms with E-state index in [-0.39, 0.29) is 30.7 Å². The van der Waals surface area contributed by atoms with Gasteiger partial charge in [0.25, 0.3) is 0 Å². The Morgan fingerprint density at radius 2 is 1.75 bits per heavy atom. The van der Waals surface area contributed by atoms with Crippen LogP contribution in [0.25, 0.3) is 11.0 Å². The minimum absolute atomic E-state index is 0.107. The second kappa shape index (κ2) is 11.5. The molecule has 2 aromatic carbocycles. The van der Waals surface area contributed by atoms with Crippen LogP contribution in [0, 0.1) is 11.7 Å². The highest BCUT2D eigenvalue weighted by Gasteiger charge is 2.32. The number of hydrogen-bond donors (Lipinski definition) is 1. The molecule has 0 aliphatic rings. The first-order valence-electron chi connectivity index (χ1n) is 11.9. The number of benzene rings is 2. The zero-order chi connectivity index (χ0) is 25.5. The van der Waals surface area contributed by atoms with Crippen molar-refractivity contribution >= 4 is 22.8 Å². The van der Waals surface area contributed by atoms with E-state index >= 15 is 0 Å². The maximum atomic E-state index is 13.8. The molecule has 4 aromatic rings. The zero-order valence-electron chi connectivity index (χ0n) is 20.3. The Kier molecular flexibility index (Phi) is 7.99. The molecular weight excluding hydrogens is 459 g/mol. The lowest BCUT2D eigenvalue weighted by Crippen LogP contribution is -2.45. The summed E-state index contributed by atoms with van der Waals surface area (Å²) in [5, 5.41) is 11.3. The van der Waals surface area contributed by atoms with E-state index in [0.717, 1.165) is 11.9 Å². The quantitative estimate of drug-likeness (QED) is 0.366. The summed E-state index contributed by atoms with van der Waals surface area (Å²) in [4.78, 5) is 32.9. The molecule has 0 saturated carbocycles. The summed E-state index contributed by atoms with van der Waals surface area (Å²) in [7, 11) is 0. The van der Waals surface area contributed by atoms with Gasteiger partial charge in [-0.2, -0.15) is 0 Å².